The first kappa shape index (κ1) is 14.0. The molecule has 0 aliphatic carbocycles. The van der Waals surface area contributed by atoms with Crippen LogP contribution in [0.4, 0.5) is 4.39 Å². The highest BCUT2D eigenvalue weighted by Crippen LogP contribution is 2.22. The molecule has 0 aromatic heterocycles. The predicted octanol–water partition coefficient (Wildman–Crippen LogP) is 3.89. The van der Waals surface area contributed by atoms with E-state index in [1.165, 1.54) is 11.6 Å². The maximum absolute atomic E-state index is 13.4. The monoisotopic (exact) mass is 323 g/mol. The molecule has 0 amide bonds. The Morgan fingerprint density at radius 3 is 2.58 bits per heavy atom. The minimum absolute atomic E-state index is 0.319. The molecule has 0 unspecified atom stereocenters. The van der Waals surface area contributed by atoms with Crippen LogP contribution in [-0.4, -0.2) is 7.05 Å². The van der Waals surface area contributed by atoms with Crippen LogP contribution in [0.2, 0.25) is 0 Å². The molecule has 0 radical (unpaired) electrons. The lowest BCUT2D eigenvalue weighted by Gasteiger charge is -2.11. The summed E-state index contributed by atoms with van der Waals surface area (Å²) < 4.78 is 19.4. The highest BCUT2D eigenvalue weighted by Gasteiger charge is 2.04. The number of ether oxygens (including phenoxy) is 1. The first-order valence-electron chi connectivity index (χ1n) is 6.00. The topological polar surface area (TPSA) is 21.3 Å². The minimum atomic E-state index is -0.319. The summed E-state index contributed by atoms with van der Waals surface area (Å²) in [5.74, 6) is 0.209. The van der Waals surface area contributed by atoms with Crippen molar-refractivity contribution in [2.24, 2.45) is 0 Å². The second kappa shape index (κ2) is 6.68. The molecule has 0 heterocycles. The van der Waals surface area contributed by atoms with Crippen LogP contribution < -0.4 is 10.1 Å². The van der Waals surface area contributed by atoms with Gasteiger partial charge < -0.3 is 10.1 Å². The number of rotatable bonds is 5. The highest BCUT2D eigenvalue weighted by molar-refractivity contribution is 9.10. The molecule has 0 spiro atoms. The highest BCUT2D eigenvalue weighted by atomic mass is 79.9. The zero-order valence-electron chi connectivity index (χ0n) is 10.6. The van der Waals surface area contributed by atoms with Crippen LogP contribution in [0.1, 0.15) is 11.1 Å². The summed E-state index contributed by atoms with van der Waals surface area (Å²) in [7, 11) is 1.90. The fraction of sp³-hybridized carbons (Fsp3) is 0.200. The summed E-state index contributed by atoms with van der Waals surface area (Å²) in [5, 5.41) is 3.12. The molecule has 0 atom stereocenters. The van der Waals surface area contributed by atoms with Crippen LogP contribution >= 0.6 is 15.9 Å². The molecule has 0 saturated heterocycles. The van der Waals surface area contributed by atoms with Gasteiger partial charge in [-0.2, -0.15) is 0 Å². The average Bonchev–Trinajstić information content (AvgIpc) is 2.42. The van der Waals surface area contributed by atoms with Crippen molar-refractivity contribution >= 4 is 15.9 Å². The van der Waals surface area contributed by atoms with Gasteiger partial charge in [-0.1, -0.05) is 24.3 Å². The van der Waals surface area contributed by atoms with Gasteiger partial charge in [0, 0.05) is 12.6 Å². The summed E-state index contributed by atoms with van der Waals surface area (Å²) in [5.41, 5.74) is 2.28. The molecule has 0 aliphatic heterocycles. The van der Waals surface area contributed by atoms with Crippen molar-refractivity contribution in [3.05, 3.63) is 63.9 Å². The van der Waals surface area contributed by atoms with Crippen molar-refractivity contribution in [1.82, 2.24) is 5.32 Å². The zero-order valence-corrected chi connectivity index (χ0v) is 12.2. The number of hydrogen-bond donors (Lipinski definition) is 1. The molecule has 0 aliphatic rings. The normalized spacial score (nSPS) is 10.5. The lowest BCUT2D eigenvalue weighted by atomic mass is 10.1. The van der Waals surface area contributed by atoms with Crippen LogP contribution in [0.15, 0.2) is 46.9 Å². The van der Waals surface area contributed by atoms with E-state index < -0.39 is 0 Å². The number of benzene rings is 2. The average molecular weight is 324 g/mol. The van der Waals surface area contributed by atoms with Gasteiger partial charge in [0.1, 0.15) is 18.2 Å². The third kappa shape index (κ3) is 3.78. The molecular weight excluding hydrogens is 309 g/mol. The Morgan fingerprint density at radius 2 is 1.89 bits per heavy atom. The largest absolute Gasteiger partial charge is 0.489 e. The molecule has 2 aromatic carbocycles. The Bertz CT molecular complexity index is 560. The predicted molar refractivity (Wildman–Crippen MR) is 77.6 cm³/mol. The Hall–Kier alpha value is -1.39. The second-order valence-corrected chi connectivity index (χ2v) is 5.02. The summed E-state index contributed by atoms with van der Waals surface area (Å²) in [6.45, 7) is 1.22. The Labute approximate surface area is 120 Å². The van der Waals surface area contributed by atoms with Gasteiger partial charge in [0.15, 0.2) is 0 Å². The lowest BCUT2D eigenvalue weighted by Crippen LogP contribution is -2.09. The fourth-order valence-electron chi connectivity index (χ4n) is 1.79. The van der Waals surface area contributed by atoms with Crippen LogP contribution in [0, 0.1) is 5.82 Å². The lowest BCUT2D eigenvalue weighted by molar-refractivity contribution is 0.303. The van der Waals surface area contributed by atoms with Crippen molar-refractivity contribution in [2.75, 3.05) is 7.05 Å². The van der Waals surface area contributed by atoms with Crippen LogP contribution in [0.25, 0.3) is 0 Å². The van der Waals surface area contributed by atoms with Crippen molar-refractivity contribution in [3.63, 3.8) is 0 Å². The minimum Gasteiger partial charge on any atom is -0.489 e. The SMILES string of the molecule is CNCc1ccccc1COc1ccc(Br)c(F)c1. The van der Waals surface area contributed by atoms with Crippen LogP contribution in [0.3, 0.4) is 0 Å². The van der Waals surface area contributed by atoms with E-state index in [1.54, 1.807) is 12.1 Å². The third-order valence-electron chi connectivity index (χ3n) is 2.77. The van der Waals surface area contributed by atoms with Gasteiger partial charge in [0.05, 0.1) is 4.47 Å². The Kier molecular flexibility index (Phi) is 4.93. The maximum Gasteiger partial charge on any atom is 0.141 e. The van der Waals surface area contributed by atoms with E-state index in [1.807, 2.05) is 25.2 Å². The number of hydrogen-bond acceptors (Lipinski definition) is 2. The Morgan fingerprint density at radius 1 is 1.16 bits per heavy atom. The van der Waals surface area contributed by atoms with Gasteiger partial charge in [-0.15, -0.1) is 0 Å². The first-order valence-corrected chi connectivity index (χ1v) is 6.79. The summed E-state index contributed by atoms with van der Waals surface area (Å²) in [6.07, 6.45) is 0. The van der Waals surface area contributed by atoms with Gasteiger partial charge in [-0.05, 0) is 46.2 Å². The summed E-state index contributed by atoms with van der Waals surface area (Å²) in [6, 6.07) is 12.8. The summed E-state index contributed by atoms with van der Waals surface area (Å²) >= 11 is 3.12. The van der Waals surface area contributed by atoms with Gasteiger partial charge in [0.25, 0.3) is 0 Å². The van der Waals surface area contributed by atoms with Gasteiger partial charge in [-0.25, -0.2) is 4.39 Å². The molecule has 2 aromatic rings. The molecule has 2 rings (SSSR count). The molecular formula is C15H15BrFNO. The van der Waals surface area contributed by atoms with E-state index in [0.717, 1.165) is 12.1 Å². The third-order valence-corrected chi connectivity index (χ3v) is 3.41. The number of halogens is 2. The molecule has 19 heavy (non-hydrogen) atoms. The van der Waals surface area contributed by atoms with E-state index >= 15 is 0 Å². The van der Waals surface area contributed by atoms with Crippen molar-refractivity contribution in [2.45, 2.75) is 13.2 Å². The Balaban J connectivity index is 2.07. The van der Waals surface area contributed by atoms with Gasteiger partial charge >= 0.3 is 0 Å². The molecule has 1 N–H and O–H groups in total. The smallest absolute Gasteiger partial charge is 0.141 e. The first-order chi connectivity index (χ1) is 9.20. The molecule has 2 nitrogen and oxygen atoms in total. The molecule has 0 fully saturated rings. The number of nitrogens with one attached hydrogen (secondary N) is 1. The van der Waals surface area contributed by atoms with Crippen LogP contribution in [0.5, 0.6) is 5.75 Å². The van der Waals surface area contributed by atoms with E-state index in [0.29, 0.717) is 16.8 Å². The maximum atomic E-state index is 13.4. The molecule has 0 saturated carbocycles. The standard InChI is InChI=1S/C15H15BrFNO/c1-18-9-11-4-2-3-5-12(11)10-19-13-6-7-14(16)15(17)8-13/h2-8,18H,9-10H2,1H3. The molecule has 0 bridgehead atoms. The van der Waals surface area contributed by atoms with Gasteiger partial charge in [0.2, 0.25) is 0 Å². The van der Waals surface area contributed by atoms with Crippen molar-refractivity contribution in [1.29, 1.82) is 0 Å². The molecule has 100 valence electrons. The van der Waals surface area contributed by atoms with Crippen molar-refractivity contribution < 1.29 is 9.13 Å². The van der Waals surface area contributed by atoms with E-state index in [2.05, 4.69) is 27.3 Å². The van der Waals surface area contributed by atoms with Gasteiger partial charge in [-0.3, -0.25) is 0 Å². The quantitative estimate of drug-likeness (QED) is 0.901. The van der Waals surface area contributed by atoms with E-state index in [4.69, 9.17) is 4.74 Å². The van der Waals surface area contributed by atoms with Crippen LogP contribution in [-0.2, 0) is 13.2 Å². The summed E-state index contributed by atoms with van der Waals surface area (Å²) in [4.78, 5) is 0. The fourth-order valence-corrected chi connectivity index (χ4v) is 2.04. The van der Waals surface area contributed by atoms with E-state index in [-0.39, 0.29) is 5.82 Å². The molecule has 4 heteroatoms. The zero-order chi connectivity index (χ0) is 13.7. The van der Waals surface area contributed by atoms with E-state index in [9.17, 15) is 4.39 Å². The second-order valence-electron chi connectivity index (χ2n) is 4.16. The van der Waals surface area contributed by atoms with Crippen molar-refractivity contribution in [3.8, 4) is 5.75 Å².